The van der Waals surface area contributed by atoms with E-state index >= 15 is 0 Å². The fraction of sp³-hybridized carbons (Fsp3) is 0.700. The molecule has 1 heterocycles. The molecule has 1 fully saturated rings. The topological polar surface area (TPSA) is 87.0 Å². The maximum atomic E-state index is 11.3. The Bertz CT molecular complexity index is 298. The minimum Gasteiger partial charge on any atom is -0.457 e. The Kier molecular flexibility index (Phi) is 2.77. The first kappa shape index (κ1) is 10.6. The van der Waals surface area contributed by atoms with Gasteiger partial charge in [-0.2, -0.15) is 0 Å². The van der Waals surface area contributed by atoms with Gasteiger partial charge in [-0.15, -0.1) is 0 Å². The van der Waals surface area contributed by atoms with Gasteiger partial charge in [0.05, 0.1) is 25.7 Å². The van der Waals surface area contributed by atoms with Crippen molar-refractivity contribution in [1.29, 1.82) is 0 Å². The zero-order chi connectivity index (χ0) is 11.0. The summed E-state index contributed by atoms with van der Waals surface area (Å²) in [5.74, 6) is -1.50. The highest BCUT2D eigenvalue weighted by molar-refractivity contribution is 5.76. The van der Waals surface area contributed by atoms with Crippen LogP contribution in [0.25, 0.3) is 0 Å². The van der Waals surface area contributed by atoms with Crippen LogP contribution in [0.15, 0.2) is 11.6 Å². The number of fused-ring (bicyclic) bond motifs is 1. The van der Waals surface area contributed by atoms with Crippen LogP contribution in [0.3, 0.4) is 0 Å². The number of carbonyl (C=O) groups excluding carboxylic acids is 1. The van der Waals surface area contributed by atoms with Crippen LogP contribution in [0.2, 0.25) is 0 Å². The number of aliphatic hydroxyl groups is 3. The molecule has 0 radical (unpaired) electrons. The van der Waals surface area contributed by atoms with E-state index in [4.69, 9.17) is 14.9 Å². The Morgan fingerprint density at radius 1 is 1.20 bits per heavy atom. The fourth-order valence-electron chi connectivity index (χ4n) is 2.53. The molecule has 5 nitrogen and oxygen atoms in total. The van der Waals surface area contributed by atoms with Gasteiger partial charge in [-0.3, -0.25) is 4.79 Å². The van der Waals surface area contributed by atoms with Gasteiger partial charge in [0, 0.05) is 11.8 Å². The molecule has 0 unspecified atom stereocenters. The number of ether oxygens (including phenoxy) is 1. The lowest BCUT2D eigenvalue weighted by atomic mass is 9.82. The van der Waals surface area contributed by atoms with Crippen LogP contribution >= 0.6 is 0 Å². The molecule has 2 aliphatic rings. The van der Waals surface area contributed by atoms with Gasteiger partial charge in [0.2, 0.25) is 0 Å². The molecular formula is C10H14O5. The average Bonchev–Trinajstić information content (AvgIpc) is 2.71. The van der Waals surface area contributed by atoms with Crippen molar-refractivity contribution in [3.8, 4) is 0 Å². The first-order valence-electron chi connectivity index (χ1n) is 4.96. The number of rotatable bonds is 3. The van der Waals surface area contributed by atoms with Gasteiger partial charge in [-0.1, -0.05) is 0 Å². The summed E-state index contributed by atoms with van der Waals surface area (Å²) in [5, 5.41) is 27.4. The normalized spacial score (nSPS) is 38.9. The number of hydrogen-bond donors (Lipinski definition) is 3. The molecule has 4 atom stereocenters. The summed E-state index contributed by atoms with van der Waals surface area (Å²) in [6.07, 6.45) is 1.29. The van der Waals surface area contributed by atoms with E-state index in [1.807, 2.05) is 0 Å². The van der Waals surface area contributed by atoms with E-state index in [1.165, 1.54) is 0 Å². The molecule has 0 aromatic rings. The Balaban J connectivity index is 2.25. The second kappa shape index (κ2) is 3.92. The van der Waals surface area contributed by atoms with Crippen molar-refractivity contribution in [2.45, 2.75) is 6.10 Å². The van der Waals surface area contributed by atoms with Gasteiger partial charge in [-0.05, 0) is 11.6 Å². The molecule has 0 amide bonds. The van der Waals surface area contributed by atoms with Crippen LogP contribution in [0.5, 0.6) is 0 Å². The van der Waals surface area contributed by atoms with Crippen molar-refractivity contribution in [2.24, 2.45) is 17.8 Å². The van der Waals surface area contributed by atoms with Crippen molar-refractivity contribution in [1.82, 2.24) is 0 Å². The van der Waals surface area contributed by atoms with Crippen LogP contribution in [0.1, 0.15) is 0 Å². The second-order valence-corrected chi connectivity index (χ2v) is 3.96. The molecule has 15 heavy (non-hydrogen) atoms. The standard InChI is InChI=1S/C10H14O5/c11-2-5-1-8-9(6(5)3-12)7(4-13)10(14)15-8/h1,6-9,11-13H,2-4H2/t6-,7+,8-,9+/m1/s1. The first-order chi connectivity index (χ1) is 7.22. The maximum absolute atomic E-state index is 11.3. The second-order valence-electron chi connectivity index (χ2n) is 3.96. The average molecular weight is 214 g/mol. The van der Waals surface area contributed by atoms with E-state index in [-0.39, 0.29) is 31.7 Å². The molecule has 2 rings (SSSR count). The van der Waals surface area contributed by atoms with Crippen LogP contribution in [-0.4, -0.2) is 47.2 Å². The summed E-state index contributed by atoms with van der Waals surface area (Å²) < 4.78 is 5.06. The highest BCUT2D eigenvalue weighted by atomic mass is 16.6. The highest BCUT2D eigenvalue weighted by Crippen LogP contribution is 2.43. The molecule has 1 aliphatic heterocycles. The van der Waals surface area contributed by atoms with E-state index < -0.39 is 18.0 Å². The quantitative estimate of drug-likeness (QED) is 0.400. The van der Waals surface area contributed by atoms with Crippen molar-refractivity contribution in [2.75, 3.05) is 19.8 Å². The predicted octanol–water partition coefficient (Wildman–Crippen LogP) is -1.32. The molecule has 0 saturated carbocycles. The minimum atomic E-state index is -0.576. The Labute approximate surface area is 87.0 Å². The van der Waals surface area contributed by atoms with Gasteiger partial charge >= 0.3 is 5.97 Å². The Morgan fingerprint density at radius 3 is 2.40 bits per heavy atom. The largest absolute Gasteiger partial charge is 0.457 e. The van der Waals surface area contributed by atoms with E-state index in [9.17, 15) is 9.90 Å². The summed E-state index contributed by atoms with van der Waals surface area (Å²) >= 11 is 0. The van der Waals surface area contributed by atoms with Crippen LogP contribution in [0, 0.1) is 17.8 Å². The zero-order valence-electron chi connectivity index (χ0n) is 8.17. The van der Waals surface area contributed by atoms with Gasteiger partial charge in [0.25, 0.3) is 0 Å². The first-order valence-corrected chi connectivity index (χ1v) is 4.96. The number of aliphatic hydroxyl groups excluding tert-OH is 3. The summed E-state index contributed by atoms with van der Waals surface area (Å²) in [6.45, 7) is -0.558. The molecule has 0 bridgehead atoms. The molecule has 0 aromatic carbocycles. The predicted molar refractivity (Wildman–Crippen MR) is 49.7 cm³/mol. The van der Waals surface area contributed by atoms with Crippen molar-refractivity contribution < 1.29 is 24.9 Å². The summed E-state index contributed by atoms with van der Waals surface area (Å²) in [4.78, 5) is 11.3. The lowest BCUT2D eigenvalue weighted by Crippen LogP contribution is -2.29. The monoisotopic (exact) mass is 214 g/mol. The van der Waals surface area contributed by atoms with Gasteiger partial charge in [0.15, 0.2) is 0 Å². The molecule has 1 saturated heterocycles. The van der Waals surface area contributed by atoms with Gasteiger partial charge in [0.1, 0.15) is 6.10 Å². The van der Waals surface area contributed by atoms with Crippen molar-refractivity contribution in [3.05, 3.63) is 11.6 Å². The van der Waals surface area contributed by atoms with E-state index in [1.54, 1.807) is 6.08 Å². The molecule has 3 N–H and O–H groups in total. The lowest BCUT2D eigenvalue weighted by Gasteiger charge is -2.20. The van der Waals surface area contributed by atoms with Crippen LogP contribution in [0.4, 0.5) is 0 Å². The van der Waals surface area contributed by atoms with Crippen LogP contribution in [-0.2, 0) is 9.53 Å². The lowest BCUT2D eigenvalue weighted by molar-refractivity contribution is -0.143. The van der Waals surface area contributed by atoms with Crippen molar-refractivity contribution in [3.63, 3.8) is 0 Å². The summed E-state index contributed by atoms with van der Waals surface area (Å²) in [7, 11) is 0. The molecule has 0 spiro atoms. The number of carbonyl (C=O) groups is 1. The SMILES string of the molecule is O=C1O[C@@H]2C=C(CO)[C@@H](CO)[C@H]2[C@@H]1CO. The van der Waals surface area contributed by atoms with Gasteiger partial charge in [-0.25, -0.2) is 0 Å². The van der Waals surface area contributed by atoms with Gasteiger partial charge < -0.3 is 20.1 Å². The third kappa shape index (κ3) is 1.47. The maximum Gasteiger partial charge on any atom is 0.312 e. The third-order valence-electron chi connectivity index (χ3n) is 3.29. The number of hydrogen-bond acceptors (Lipinski definition) is 5. The fourth-order valence-corrected chi connectivity index (χ4v) is 2.53. The van der Waals surface area contributed by atoms with E-state index in [0.717, 1.165) is 0 Å². The summed E-state index contributed by atoms with van der Waals surface area (Å²) in [6, 6.07) is 0. The van der Waals surface area contributed by atoms with E-state index in [2.05, 4.69) is 0 Å². The Morgan fingerprint density at radius 2 is 1.87 bits per heavy atom. The van der Waals surface area contributed by atoms with Crippen LogP contribution < -0.4 is 0 Å². The third-order valence-corrected chi connectivity index (χ3v) is 3.29. The van der Waals surface area contributed by atoms with Crippen molar-refractivity contribution >= 4 is 5.97 Å². The molecule has 1 aliphatic carbocycles. The smallest absolute Gasteiger partial charge is 0.312 e. The molecule has 0 aromatic heterocycles. The molecule has 5 heteroatoms. The zero-order valence-corrected chi connectivity index (χ0v) is 8.17. The highest BCUT2D eigenvalue weighted by Gasteiger charge is 2.51. The minimum absolute atomic E-state index is 0.138. The summed E-state index contributed by atoms with van der Waals surface area (Å²) in [5.41, 5.74) is 0.693. The Hall–Kier alpha value is -0.910. The number of esters is 1. The molecule has 84 valence electrons. The molecular weight excluding hydrogens is 200 g/mol. The van der Waals surface area contributed by atoms with E-state index in [0.29, 0.717) is 5.57 Å².